The summed E-state index contributed by atoms with van der Waals surface area (Å²) in [6.45, 7) is 5.30. The van der Waals surface area contributed by atoms with Crippen molar-refractivity contribution in [1.29, 1.82) is 0 Å². The maximum atomic E-state index is 4.55. The van der Waals surface area contributed by atoms with Gasteiger partial charge < -0.3 is 5.32 Å². The van der Waals surface area contributed by atoms with E-state index in [0.29, 0.717) is 0 Å². The van der Waals surface area contributed by atoms with Crippen LogP contribution in [0, 0.1) is 0 Å². The average Bonchev–Trinajstić information content (AvgIpc) is 2.53. The van der Waals surface area contributed by atoms with Crippen LogP contribution in [0.3, 0.4) is 0 Å². The first-order valence-corrected chi connectivity index (χ1v) is 7.27. The monoisotopic (exact) mass is 270 g/mol. The first-order valence-electron chi connectivity index (χ1n) is 7.27. The molecule has 0 amide bonds. The minimum absolute atomic E-state index is 0.241. The fourth-order valence-electron chi connectivity index (χ4n) is 2.13. The Morgan fingerprint density at radius 1 is 1.10 bits per heavy atom. The van der Waals surface area contributed by atoms with Crippen molar-refractivity contribution in [1.82, 2.24) is 20.5 Å². The van der Waals surface area contributed by atoms with Gasteiger partial charge in [-0.3, -0.25) is 4.98 Å². The molecule has 0 aliphatic carbocycles. The van der Waals surface area contributed by atoms with Crippen molar-refractivity contribution in [3.8, 4) is 0 Å². The number of rotatable bonds is 7. The van der Waals surface area contributed by atoms with Gasteiger partial charge in [0.05, 0.1) is 6.20 Å². The van der Waals surface area contributed by atoms with E-state index < -0.39 is 0 Å². The predicted octanol–water partition coefficient (Wildman–Crippen LogP) is 2.72. The highest BCUT2D eigenvalue weighted by Gasteiger charge is 2.12. The quantitative estimate of drug-likeness (QED) is 0.840. The Morgan fingerprint density at radius 3 is 2.60 bits per heavy atom. The van der Waals surface area contributed by atoms with E-state index in [4.69, 9.17) is 0 Å². The molecule has 4 nitrogen and oxygen atoms in total. The van der Waals surface area contributed by atoms with Crippen molar-refractivity contribution >= 4 is 0 Å². The fraction of sp³-hybridized carbons (Fsp3) is 0.438. The molecule has 1 atom stereocenters. The lowest BCUT2D eigenvalue weighted by molar-refractivity contribution is 0.522. The highest BCUT2D eigenvalue weighted by Crippen LogP contribution is 2.16. The van der Waals surface area contributed by atoms with E-state index in [1.54, 1.807) is 6.20 Å². The highest BCUT2D eigenvalue weighted by atomic mass is 15.1. The lowest BCUT2D eigenvalue weighted by Gasteiger charge is -2.18. The molecule has 1 unspecified atom stereocenters. The van der Waals surface area contributed by atoms with Crippen LogP contribution in [-0.4, -0.2) is 21.7 Å². The number of nitrogens with zero attached hydrogens (tertiary/aromatic N) is 3. The molecule has 0 saturated carbocycles. The van der Waals surface area contributed by atoms with Gasteiger partial charge in [0.1, 0.15) is 0 Å². The second-order valence-electron chi connectivity index (χ2n) is 4.90. The molecule has 0 radical (unpaired) electrons. The van der Waals surface area contributed by atoms with Crippen LogP contribution in [0.4, 0.5) is 0 Å². The molecule has 2 rings (SSSR count). The Hall–Kier alpha value is -1.81. The molecule has 20 heavy (non-hydrogen) atoms. The van der Waals surface area contributed by atoms with Crippen LogP contribution in [0.2, 0.25) is 0 Å². The van der Waals surface area contributed by atoms with Gasteiger partial charge in [-0.15, -0.1) is 0 Å². The molecule has 0 aliphatic rings. The zero-order valence-corrected chi connectivity index (χ0v) is 12.2. The van der Waals surface area contributed by atoms with Crippen LogP contribution < -0.4 is 5.32 Å². The Labute approximate surface area is 120 Å². The number of aryl methyl sites for hydroxylation is 1. The molecule has 0 saturated heterocycles. The topological polar surface area (TPSA) is 50.7 Å². The number of hydrogen-bond donors (Lipinski definition) is 1. The van der Waals surface area contributed by atoms with E-state index in [-0.39, 0.29) is 6.04 Å². The molecule has 1 N–H and O–H groups in total. The molecular formula is C16H22N4. The summed E-state index contributed by atoms with van der Waals surface area (Å²) in [5.41, 5.74) is 3.54. The van der Waals surface area contributed by atoms with Crippen molar-refractivity contribution in [2.45, 2.75) is 39.2 Å². The molecule has 106 valence electrons. The summed E-state index contributed by atoms with van der Waals surface area (Å²) in [6.07, 6.45) is 8.54. The van der Waals surface area contributed by atoms with E-state index in [1.165, 1.54) is 5.56 Å². The van der Waals surface area contributed by atoms with E-state index in [9.17, 15) is 0 Å². The third kappa shape index (κ3) is 4.10. The van der Waals surface area contributed by atoms with Crippen LogP contribution in [0.1, 0.15) is 43.1 Å². The van der Waals surface area contributed by atoms with E-state index in [1.807, 2.05) is 18.5 Å². The molecule has 2 aromatic rings. The van der Waals surface area contributed by atoms with Crippen molar-refractivity contribution in [2.75, 3.05) is 6.54 Å². The van der Waals surface area contributed by atoms with E-state index >= 15 is 0 Å². The molecule has 4 heteroatoms. The summed E-state index contributed by atoms with van der Waals surface area (Å²) in [4.78, 5) is 4.55. The number of nitrogens with one attached hydrogen (secondary N) is 1. The molecule has 0 aliphatic heterocycles. The third-order valence-electron chi connectivity index (χ3n) is 3.36. The molecule has 0 fully saturated rings. The van der Waals surface area contributed by atoms with Crippen LogP contribution in [0.15, 0.2) is 36.8 Å². The van der Waals surface area contributed by atoms with Gasteiger partial charge >= 0.3 is 0 Å². The van der Waals surface area contributed by atoms with Crippen LogP contribution in [-0.2, 0) is 12.8 Å². The standard InChI is InChI=1S/C16H22N4/c1-3-8-17-16(14-7-9-19-20-12-14)10-15-6-5-13(4-2)11-18-15/h5-7,9,11-12,16-17H,3-4,8,10H2,1-2H3. The van der Waals surface area contributed by atoms with Crippen LogP contribution in [0.25, 0.3) is 0 Å². The first-order chi connectivity index (χ1) is 9.83. The molecular weight excluding hydrogens is 248 g/mol. The summed E-state index contributed by atoms with van der Waals surface area (Å²) >= 11 is 0. The Balaban J connectivity index is 2.10. The van der Waals surface area contributed by atoms with E-state index in [0.717, 1.165) is 37.1 Å². The van der Waals surface area contributed by atoms with Crippen molar-refractivity contribution in [2.24, 2.45) is 0 Å². The largest absolute Gasteiger partial charge is 0.310 e. The minimum Gasteiger partial charge on any atom is -0.310 e. The number of aromatic nitrogens is 3. The van der Waals surface area contributed by atoms with Gasteiger partial charge in [0.2, 0.25) is 0 Å². The normalized spacial score (nSPS) is 12.3. The van der Waals surface area contributed by atoms with Gasteiger partial charge in [0.25, 0.3) is 0 Å². The van der Waals surface area contributed by atoms with Gasteiger partial charge in [0.15, 0.2) is 0 Å². The van der Waals surface area contributed by atoms with Gasteiger partial charge in [-0.1, -0.05) is 19.9 Å². The molecule has 0 spiro atoms. The van der Waals surface area contributed by atoms with Crippen molar-refractivity contribution in [3.63, 3.8) is 0 Å². The predicted molar refractivity (Wildman–Crippen MR) is 80.4 cm³/mol. The summed E-state index contributed by atoms with van der Waals surface area (Å²) < 4.78 is 0. The molecule has 0 bridgehead atoms. The van der Waals surface area contributed by atoms with Crippen LogP contribution >= 0.6 is 0 Å². The highest BCUT2D eigenvalue weighted by molar-refractivity contribution is 5.18. The zero-order valence-electron chi connectivity index (χ0n) is 12.2. The number of hydrogen-bond acceptors (Lipinski definition) is 4. The molecule has 2 aromatic heterocycles. The smallest absolute Gasteiger partial charge is 0.0544 e. The summed E-state index contributed by atoms with van der Waals surface area (Å²) in [6, 6.07) is 6.53. The molecule has 0 aromatic carbocycles. The minimum atomic E-state index is 0.241. The Bertz CT molecular complexity index is 496. The Morgan fingerprint density at radius 2 is 2.00 bits per heavy atom. The van der Waals surface area contributed by atoms with Crippen molar-refractivity contribution < 1.29 is 0 Å². The SMILES string of the molecule is CCCNC(Cc1ccc(CC)cn1)c1ccnnc1. The lowest BCUT2D eigenvalue weighted by Crippen LogP contribution is -2.24. The van der Waals surface area contributed by atoms with Gasteiger partial charge in [-0.25, -0.2) is 0 Å². The van der Waals surface area contributed by atoms with Gasteiger partial charge in [-0.05, 0) is 42.6 Å². The fourth-order valence-corrected chi connectivity index (χ4v) is 2.13. The van der Waals surface area contributed by atoms with Crippen molar-refractivity contribution in [3.05, 3.63) is 53.6 Å². The van der Waals surface area contributed by atoms with E-state index in [2.05, 4.69) is 46.5 Å². The zero-order chi connectivity index (χ0) is 14.2. The second-order valence-corrected chi connectivity index (χ2v) is 4.90. The first kappa shape index (κ1) is 14.6. The summed E-state index contributed by atoms with van der Waals surface area (Å²) in [5.74, 6) is 0. The number of pyridine rings is 1. The lowest BCUT2D eigenvalue weighted by atomic mass is 10.0. The summed E-state index contributed by atoms with van der Waals surface area (Å²) in [5, 5.41) is 11.4. The second kappa shape index (κ2) is 7.70. The maximum absolute atomic E-state index is 4.55. The Kier molecular flexibility index (Phi) is 5.62. The van der Waals surface area contributed by atoms with Gasteiger partial charge in [0, 0.05) is 30.6 Å². The third-order valence-corrected chi connectivity index (χ3v) is 3.36. The van der Waals surface area contributed by atoms with Gasteiger partial charge in [-0.2, -0.15) is 10.2 Å². The average molecular weight is 270 g/mol. The van der Waals surface area contributed by atoms with Crippen LogP contribution in [0.5, 0.6) is 0 Å². The molecule has 2 heterocycles. The summed E-state index contributed by atoms with van der Waals surface area (Å²) in [7, 11) is 0. The maximum Gasteiger partial charge on any atom is 0.0544 e.